The van der Waals surface area contributed by atoms with Gasteiger partial charge in [-0.3, -0.25) is 0 Å². The molecule has 3 rings (SSSR count). The van der Waals surface area contributed by atoms with Crippen LogP contribution < -0.4 is 4.90 Å². The Morgan fingerprint density at radius 3 is 3.00 bits per heavy atom. The Kier molecular flexibility index (Phi) is 3.30. The number of anilines is 1. The zero-order chi connectivity index (χ0) is 15.0. The molecular formula is C15H19N5O. The molecule has 110 valence electrons. The molecule has 6 heteroatoms. The normalized spacial score (nSPS) is 19.7. The molecule has 0 amide bonds. The quantitative estimate of drug-likeness (QED) is 0.841. The van der Waals surface area contributed by atoms with Crippen LogP contribution in [0.5, 0.6) is 0 Å². The number of fused-ring (bicyclic) bond motifs is 1. The van der Waals surface area contributed by atoms with Crippen LogP contribution in [0.1, 0.15) is 26.3 Å². The molecule has 0 saturated carbocycles. The van der Waals surface area contributed by atoms with Gasteiger partial charge in [-0.05, 0) is 26.8 Å². The number of aromatic nitrogens is 3. The van der Waals surface area contributed by atoms with Crippen molar-refractivity contribution in [3.05, 3.63) is 24.2 Å². The van der Waals surface area contributed by atoms with Gasteiger partial charge in [0.2, 0.25) is 0 Å². The molecule has 2 aromatic heterocycles. The predicted molar refractivity (Wildman–Crippen MR) is 79.3 cm³/mol. The van der Waals surface area contributed by atoms with Crippen LogP contribution in [0.4, 0.5) is 5.82 Å². The summed E-state index contributed by atoms with van der Waals surface area (Å²) in [5.74, 6) is 0.870. The van der Waals surface area contributed by atoms with Gasteiger partial charge < -0.3 is 9.64 Å². The van der Waals surface area contributed by atoms with Gasteiger partial charge >= 0.3 is 0 Å². The maximum absolute atomic E-state index is 9.46. The highest BCUT2D eigenvalue weighted by Gasteiger charge is 2.27. The van der Waals surface area contributed by atoms with E-state index in [0.29, 0.717) is 13.2 Å². The fourth-order valence-electron chi connectivity index (χ4n) is 2.67. The standard InChI is InChI=1S/C15H19N5O/c1-11-8-21-5-4-19(11)14-6-12(15(2,3)9-16)13-7-17-10-20(13)18-14/h6-7,10-11H,4-5,8H2,1-3H3/t11-/m1/s1. The number of imidazole rings is 1. The van der Waals surface area contributed by atoms with Gasteiger partial charge in [0.05, 0.1) is 42.5 Å². The first kappa shape index (κ1) is 13.8. The number of nitriles is 1. The fourth-order valence-corrected chi connectivity index (χ4v) is 2.67. The van der Waals surface area contributed by atoms with E-state index in [4.69, 9.17) is 4.74 Å². The zero-order valence-corrected chi connectivity index (χ0v) is 12.6. The van der Waals surface area contributed by atoms with Crippen molar-refractivity contribution in [3.63, 3.8) is 0 Å². The number of nitrogens with zero attached hydrogens (tertiary/aromatic N) is 5. The van der Waals surface area contributed by atoms with Crippen molar-refractivity contribution in [2.45, 2.75) is 32.2 Å². The summed E-state index contributed by atoms with van der Waals surface area (Å²) in [5.41, 5.74) is 1.24. The van der Waals surface area contributed by atoms with Gasteiger partial charge in [0.1, 0.15) is 12.1 Å². The number of rotatable bonds is 2. The third kappa shape index (κ3) is 2.34. The SMILES string of the molecule is C[C@@H]1COCCN1c1cc(C(C)(C)C#N)c2cncn2n1. The van der Waals surface area contributed by atoms with Gasteiger partial charge in [0.25, 0.3) is 0 Å². The molecule has 0 spiro atoms. The van der Waals surface area contributed by atoms with Crippen LogP contribution in [0.3, 0.4) is 0 Å². The first-order valence-electron chi connectivity index (χ1n) is 7.12. The molecule has 1 atom stereocenters. The first-order valence-corrected chi connectivity index (χ1v) is 7.12. The Labute approximate surface area is 124 Å². The highest BCUT2D eigenvalue weighted by atomic mass is 16.5. The highest BCUT2D eigenvalue weighted by molar-refractivity contribution is 5.61. The van der Waals surface area contributed by atoms with Crippen LogP contribution in [-0.2, 0) is 10.2 Å². The van der Waals surface area contributed by atoms with Gasteiger partial charge in [0, 0.05) is 12.1 Å². The van der Waals surface area contributed by atoms with E-state index in [-0.39, 0.29) is 6.04 Å². The number of morpholine rings is 1. The molecule has 1 fully saturated rings. The van der Waals surface area contributed by atoms with Crippen molar-refractivity contribution in [1.82, 2.24) is 14.6 Å². The van der Waals surface area contributed by atoms with Gasteiger partial charge in [-0.15, -0.1) is 5.10 Å². The molecule has 0 aliphatic carbocycles. The van der Waals surface area contributed by atoms with E-state index in [1.807, 2.05) is 19.9 Å². The molecule has 0 bridgehead atoms. The average Bonchev–Trinajstić information content (AvgIpc) is 2.94. The van der Waals surface area contributed by atoms with Crippen molar-refractivity contribution in [1.29, 1.82) is 5.26 Å². The van der Waals surface area contributed by atoms with Crippen molar-refractivity contribution in [2.24, 2.45) is 0 Å². The van der Waals surface area contributed by atoms with Crippen molar-refractivity contribution in [2.75, 3.05) is 24.7 Å². The largest absolute Gasteiger partial charge is 0.377 e. The fraction of sp³-hybridized carbons (Fsp3) is 0.533. The summed E-state index contributed by atoms with van der Waals surface area (Å²) in [7, 11) is 0. The third-order valence-corrected chi connectivity index (χ3v) is 3.99. The van der Waals surface area contributed by atoms with Gasteiger partial charge in [-0.25, -0.2) is 9.50 Å². The van der Waals surface area contributed by atoms with Crippen LogP contribution in [0.25, 0.3) is 5.52 Å². The van der Waals surface area contributed by atoms with Crippen molar-refractivity contribution >= 4 is 11.3 Å². The van der Waals surface area contributed by atoms with Gasteiger partial charge in [-0.2, -0.15) is 5.26 Å². The molecule has 1 aliphatic rings. The summed E-state index contributed by atoms with van der Waals surface area (Å²) < 4.78 is 7.24. The summed E-state index contributed by atoms with van der Waals surface area (Å²) in [6.45, 7) is 8.16. The van der Waals surface area contributed by atoms with E-state index in [9.17, 15) is 5.26 Å². The monoisotopic (exact) mass is 285 g/mol. The molecule has 0 N–H and O–H groups in total. The van der Waals surface area contributed by atoms with E-state index >= 15 is 0 Å². The molecule has 21 heavy (non-hydrogen) atoms. The summed E-state index contributed by atoms with van der Waals surface area (Å²) in [6, 6.07) is 4.65. The van der Waals surface area contributed by atoms with E-state index in [1.165, 1.54) is 0 Å². The summed E-state index contributed by atoms with van der Waals surface area (Å²) >= 11 is 0. The Hall–Kier alpha value is -2.13. The van der Waals surface area contributed by atoms with Crippen LogP contribution in [0.2, 0.25) is 0 Å². The van der Waals surface area contributed by atoms with Crippen LogP contribution in [0, 0.1) is 11.3 Å². The van der Waals surface area contributed by atoms with Crippen LogP contribution in [0.15, 0.2) is 18.6 Å². The smallest absolute Gasteiger partial charge is 0.150 e. The lowest BCUT2D eigenvalue weighted by Gasteiger charge is -2.34. The number of hydrogen-bond acceptors (Lipinski definition) is 5. The van der Waals surface area contributed by atoms with Gasteiger partial charge in [-0.1, -0.05) is 0 Å². The maximum atomic E-state index is 9.46. The summed E-state index contributed by atoms with van der Waals surface area (Å²) in [6.07, 6.45) is 3.44. The number of hydrogen-bond donors (Lipinski definition) is 0. The lowest BCUT2D eigenvalue weighted by Crippen LogP contribution is -2.44. The predicted octanol–water partition coefficient (Wildman–Crippen LogP) is 1.76. The second-order valence-electron chi connectivity index (χ2n) is 5.99. The minimum atomic E-state index is -0.589. The molecule has 1 aliphatic heterocycles. The topological polar surface area (TPSA) is 66.5 Å². The lowest BCUT2D eigenvalue weighted by atomic mass is 9.86. The Balaban J connectivity index is 2.15. The summed E-state index contributed by atoms with van der Waals surface area (Å²) in [5, 5.41) is 14.1. The Bertz CT molecular complexity index is 700. The Morgan fingerprint density at radius 2 is 2.29 bits per heavy atom. The molecule has 2 aromatic rings. The maximum Gasteiger partial charge on any atom is 0.150 e. The molecule has 1 saturated heterocycles. The Morgan fingerprint density at radius 1 is 1.48 bits per heavy atom. The average molecular weight is 285 g/mol. The van der Waals surface area contributed by atoms with E-state index < -0.39 is 5.41 Å². The second-order valence-corrected chi connectivity index (χ2v) is 5.99. The minimum Gasteiger partial charge on any atom is -0.377 e. The van der Waals surface area contributed by atoms with Crippen molar-refractivity contribution < 1.29 is 4.74 Å². The summed E-state index contributed by atoms with van der Waals surface area (Å²) in [4.78, 5) is 6.38. The van der Waals surface area contributed by atoms with E-state index in [1.54, 1.807) is 17.0 Å². The van der Waals surface area contributed by atoms with Gasteiger partial charge in [0.15, 0.2) is 0 Å². The molecular weight excluding hydrogens is 266 g/mol. The second kappa shape index (κ2) is 5.01. The van der Waals surface area contributed by atoms with Crippen molar-refractivity contribution in [3.8, 4) is 6.07 Å². The molecule has 3 heterocycles. The first-order chi connectivity index (χ1) is 10.0. The van der Waals surface area contributed by atoms with E-state index in [2.05, 4.69) is 28.0 Å². The zero-order valence-electron chi connectivity index (χ0n) is 12.6. The third-order valence-electron chi connectivity index (χ3n) is 3.99. The molecule has 0 aromatic carbocycles. The lowest BCUT2D eigenvalue weighted by molar-refractivity contribution is 0.0984. The molecule has 6 nitrogen and oxygen atoms in total. The van der Waals surface area contributed by atoms with E-state index in [0.717, 1.165) is 23.4 Å². The van der Waals surface area contributed by atoms with Crippen LogP contribution in [-0.4, -0.2) is 40.4 Å². The van der Waals surface area contributed by atoms with Crippen LogP contribution >= 0.6 is 0 Å². The minimum absolute atomic E-state index is 0.269. The molecule has 0 unspecified atom stereocenters. The number of ether oxygens (including phenoxy) is 1. The molecule has 0 radical (unpaired) electrons. The highest BCUT2D eigenvalue weighted by Crippen LogP contribution is 2.30.